The number of methoxy groups -OCH3 is 1. The van der Waals surface area contributed by atoms with E-state index in [1.54, 1.807) is 4.90 Å². The number of anilines is 2. The predicted molar refractivity (Wildman–Crippen MR) is 71.5 cm³/mol. The lowest BCUT2D eigenvalue weighted by molar-refractivity contribution is -0.384. The predicted octanol–water partition coefficient (Wildman–Crippen LogP) is 0.507. The molecule has 1 aliphatic heterocycles. The van der Waals surface area contributed by atoms with Gasteiger partial charge in [-0.2, -0.15) is 0 Å². The number of ether oxygens (including phenoxy) is 1. The normalized spacial score (nSPS) is 17.9. The molecule has 1 saturated heterocycles. The van der Waals surface area contributed by atoms with Crippen LogP contribution in [0.3, 0.4) is 0 Å². The summed E-state index contributed by atoms with van der Waals surface area (Å²) >= 11 is 0. The Labute approximate surface area is 114 Å². The van der Waals surface area contributed by atoms with Gasteiger partial charge >= 0.3 is 11.8 Å². The first-order valence-electron chi connectivity index (χ1n) is 6.01. The van der Waals surface area contributed by atoms with Crippen LogP contribution in [0.2, 0.25) is 0 Å². The van der Waals surface area contributed by atoms with Gasteiger partial charge in [-0.3, -0.25) is 10.1 Å². The summed E-state index contributed by atoms with van der Waals surface area (Å²) in [6.07, 6.45) is 0.134. The van der Waals surface area contributed by atoms with Crippen LogP contribution in [0.1, 0.15) is 6.42 Å². The van der Waals surface area contributed by atoms with Crippen LogP contribution in [0, 0.1) is 10.1 Å². The molecule has 1 unspecified atom stereocenters. The third-order valence-electron chi connectivity index (χ3n) is 3.07. The van der Waals surface area contributed by atoms with Gasteiger partial charge in [0.05, 0.1) is 18.1 Å². The fraction of sp³-hybridized carbons (Fsp3) is 0.455. The molecule has 1 atom stereocenters. The Morgan fingerprint density at radius 1 is 1.65 bits per heavy atom. The molecule has 1 aliphatic rings. The zero-order valence-electron chi connectivity index (χ0n) is 10.9. The number of nitrogens with zero attached hydrogens (tertiary/aromatic N) is 3. The van der Waals surface area contributed by atoms with Crippen LogP contribution in [-0.2, 0) is 4.74 Å². The number of carbonyl (C=O) groups is 1. The summed E-state index contributed by atoms with van der Waals surface area (Å²) in [4.78, 5) is 27.4. The van der Waals surface area contributed by atoms with Crippen molar-refractivity contribution in [2.24, 2.45) is 0 Å². The molecule has 0 saturated carbocycles. The molecule has 0 spiro atoms. The average Bonchev–Trinajstić information content (AvgIpc) is 2.86. The average molecular weight is 281 g/mol. The van der Waals surface area contributed by atoms with Gasteiger partial charge in [0, 0.05) is 19.2 Å². The Kier molecular flexibility index (Phi) is 3.87. The van der Waals surface area contributed by atoms with E-state index in [4.69, 9.17) is 5.73 Å². The number of pyridine rings is 1. The summed E-state index contributed by atoms with van der Waals surface area (Å²) in [6.45, 7) is 0.971. The highest BCUT2D eigenvalue weighted by Gasteiger charge is 2.29. The van der Waals surface area contributed by atoms with Crippen molar-refractivity contribution in [3.8, 4) is 0 Å². The molecule has 2 rings (SSSR count). The number of nitrogens with two attached hydrogens (primary N) is 1. The first kappa shape index (κ1) is 13.8. The van der Waals surface area contributed by atoms with Crippen molar-refractivity contribution in [1.29, 1.82) is 0 Å². The molecule has 0 bridgehead atoms. The number of nitrogen functional groups attached to an aromatic ring is 1. The second-order valence-corrected chi connectivity index (χ2v) is 4.40. The van der Waals surface area contributed by atoms with Crippen LogP contribution in [0.4, 0.5) is 22.1 Å². The Bertz CT molecular complexity index is 536. The highest BCUT2D eigenvalue weighted by molar-refractivity contribution is 5.68. The van der Waals surface area contributed by atoms with Crippen molar-refractivity contribution in [3.05, 3.63) is 22.2 Å². The standard InChI is InChI=1S/C11H15N5O4/c1-20-11(17)13-7-4-5-15(6-7)10-8(16(18)19)2-3-9(12)14-10/h2-3,7H,4-6H2,1H3,(H2,12,14)(H,13,17). The van der Waals surface area contributed by atoms with Crippen molar-refractivity contribution in [3.63, 3.8) is 0 Å². The summed E-state index contributed by atoms with van der Waals surface area (Å²) in [7, 11) is 1.28. The first-order valence-corrected chi connectivity index (χ1v) is 6.01. The molecule has 2 heterocycles. The van der Waals surface area contributed by atoms with Crippen molar-refractivity contribution in [2.75, 3.05) is 30.8 Å². The number of nitrogens with one attached hydrogen (secondary N) is 1. The second kappa shape index (κ2) is 5.59. The van der Waals surface area contributed by atoms with E-state index in [1.165, 1.54) is 19.2 Å². The first-order chi connectivity index (χ1) is 9.51. The SMILES string of the molecule is COC(=O)NC1CCN(c2nc(N)ccc2[N+](=O)[O-])C1. The fourth-order valence-corrected chi connectivity index (χ4v) is 2.13. The molecule has 9 heteroatoms. The monoisotopic (exact) mass is 281 g/mol. The largest absolute Gasteiger partial charge is 0.453 e. The Morgan fingerprint density at radius 2 is 2.40 bits per heavy atom. The molecule has 1 aromatic rings. The molecule has 9 nitrogen and oxygen atoms in total. The number of alkyl carbamates (subject to hydrolysis) is 1. The van der Waals surface area contributed by atoms with Gasteiger partial charge in [-0.1, -0.05) is 0 Å². The number of amides is 1. The summed E-state index contributed by atoms with van der Waals surface area (Å²) in [6, 6.07) is 2.59. The van der Waals surface area contributed by atoms with E-state index in [-0.39, 0.29) is 23.4 Å². The van der Waals surface area contributed by atoms with Crippen molar-refractivity contribution in [2.45, 2.75) is 12.5 Å². The molecular weight excluding hydrogens is 266 g/mol. The van der Waals surface area contributed by atoms with Crippen molar-refractivity contribution < 1.29 is 14.5 Å². The third kappa shape index (κ3) is 2.87. The summed E-state index contributed by atoms with van der Waals surface area (Å²) in [5, 5.41) is 13.7. The lowest BCUT2D eigenvalue weighted by Gasteiger charge is -2.17. The van der Waals surface area contributed by atoms with Gasteiger partial charge in [-0.15, -0.1) is 0 Å². The minimum Gasteiger partial charge on any atom is -0.453 e. The minimum absolute atomic E-state index is 0.0991. The highest BCUT2D eigenvalue weighted by atomic mass is 16.6. The van der Waals surface area contributed by atoms with Gasteiger partial charge in [0.15, 0.2) is 0 Å². The van der Waals surface area contributed by atoms with Gasteiger partial charge < -0.3 is 20.7 Å². The summed E-state index contributed by atoms with van der Waals surface area (Å²) in [5.41, 5.74) is 5.48. The van der Waals surface area contributed by atoms with E-state index in [9.17, 15) is 14.9 Å². The van der Waals surface area contributed by atoms with Gasteiger partial charge in [-0.05, 0) is 12.5 Å². The molecule has 1 fully saturated rings. The molecule has 0 aliphatic carbocycles. The zero-order chi connectivity index (χ0) is 14.7. The zero-order valence-corrected chi connectivity index (χ0v) is 10.9. The van der Waals surface area contributed by atoms with E-state index >= 15 is 0 Å². The molecule has 108 valence electrons. The maximum absolute atomic E-state index is 11.1. The highest BCUT2D eigenvalue weighted by Crippen LogP contribution is 2.29. The van der Waals surface area contributed by atoms with Crippen LogP contribution in [0.25, 0.3) is 0 Å². The van der Waals surface area contributed by atoms with Crippen LogP contribution >= 0.6 is 0 Å². The lowest BCUT2D eigenvalue weighted by atomic mass is 10.3. The van der Waals surface area contributed by atoms with Crippen molar-refractivity contribution in [1.82, 2.24) is 10.3 Å². The number of nitro groups is 1. The van der Waals surface area contributed by atoms with E-state index in [1.807, 2.05) is 0 Å². The molecule has 0 aromatic carbocycles. The van der Waals surface area contributed by atoms with Gasteiger partial charge in [0.2, 0.25) is 5.82 Å². The molecule has 3 N–H and O–H groups in total. The number of rotatable bonds is 3. The summed E-state index contributed by atoms with van der Waals surface area (Å²) in [5.74, 6) is 0.444. The Morgan fingerprint density at radius 3 is 3.05 bits per heavy atom. The maximum Gasteiger partial charge on any atom is 0.407 e. The molecular formula is C11H15N5O4. The quantitative estimate of drug-likeness (QED) is 0.610. The van der Waals surface area contributed by atoms with Crippen LogP contribution in [0.15, 0.2) is 12.1 Å². The number of aromatic nitrogens is 1. The van der Waals surface area contributed by atoms with Crippen LogP contribution < -0.4 is 16.0 Å². The smallest absolute Gasteiger partial charge is 0.407 e. The summed E-state index contributed by atoms with van der Waals surface area (Å²) < 4.78 is 4.52. The van der Waals surface area contributed by atoms with Crippen LogP contribution in [-0.4, -0.2) is 42.2 Å². The third-order valence-corrected chi connectivity index (χ3v) is 3.07. The molecule has 1 aromatic heterocycles. The fourth-order valence-electron chi connectivity index (χ4n) is 2.13. The van der Waals surface area contributed by atoms with E-state index in [2.05, 4.69) is 15.0 Å². The van der Waals surface area contributed by atoms with Crippen molar-refractivity contribution >= 4 is 23.4 Å². The topological polar surface area (TPSA) is 124 Å². The van der Waals surface area contributed by atoms with Crippen LogP contribution in [0.5, 0.6) is 0 Å². The number of hydrogen-bond acceptors (Lipinski definition) is 7. The Balaban J connectivity index is 2.15. The number of hydrogen-bond donors (Lipinski definition) is 2. The van der Waals surface area contributed by atoms with E-state index in [0.29, 0.717) is 19.5 Å². The van der Waals surface area contributed by atoms with Gasteiger partial charge in [0.25, 0.3) is 0 Å². The van der Waals surface area contributed by atoms with Gasteiger partial charge in [0.1, 0.15) is 5.82 Å². The molecule has 0 radical (unpaired) electrons. The minimum atomic E-state index is -0.521. The molecule has 20 heavy (non-hydrogen) atoms. The van der Waals surface area contributed by atoms with E-state index < -0.39 is 11.0 Å². The maximum atomic E-state index is 11.1. The molecule has 1 amide bonds. The Hall–Kier alpha value is -2.58. The second-order valence-electron chi connectivity index (χ2n) is 4.40. The number of carbonyl (C=O) groups excluding carboxylic acids is 1. The van der Waals surface area contributed by atoms with E-state index in [0.717, 1.165) is 0 Å². The van der Waals surface area contributed by atoms with Gasteiger partial charge in [-0.25, -0.2) is 9.78 Å². The lowest BCUT2D eigenvalue weighted by Crippen LogP contribution is -2.37.